The number of nitrogens with zero attached hydrogens (tertiary/aromatic N) is 1. The van der Waals surface area contributed by atoms with Gasteiger partial charge in [0.25, 0.3) is 0 Å². The van der Waals surface area contributed by atoms with Crippen LogP contribution in [0.5, 0.6) is 5.75 Å². The number of ether oxygens (including phenoxy) is 1. The van der Waals surface area contributed by atoms with E-state index in [9.17, 15) is 4.39 Å². The predicted molar refractivity (Wildman–Crippen MR) is 74.6 cm³/mol. The van der Waals surface area contributed by atoms with Crippen LogP contribution in [0.4, 0.5) is 9.52 Å². The Labute approximate surface area is 117 Å². The molecule has 2 aromatic rings. The van der Waals surface area contributed by atoms with Crippen molar-refractivity contribution in [3.8, 4) is 5.75 Å². The molecule has 1 aromatic heterocycles. The zero-order chi connectivity index (χ0) is 13.1. The highest BCUT2D eigenvalue weighted by atomic mass is 79.9. The van der Waals surface area contributed by atoms with Crippen molar-refractivity contribution in [1.29, 1.82) is 0 Å². The minimum absolute atomic E-state index is 0.262. The van der Waals surface area contributed by atoms with Crippen molar-refractivity contribution in [2.45, 2.75) is 12.8 Å². The molecule has 0 aliphatic carbocycles. The summed E-state index contributed by atoms with van der Waals surface area (Å²) in [6.45, 7) is 0. The fourth-order valence-electron chi connectivity index (χ4n) is 1.63. The largest absolute Gasteiger partial charge is 0.494 e. The summed E-state index contributed by atoms with van der Waals surface area (Å²) in [5, 5.41) is 0.540. The van der Waals surface area contributed by atoms with E-state index in [1.54, 1.807) is 6.07 Å². The lowest BCUT2D eigenvalue weighted by atomic mass is 10.1. The second-order valence-corrected chi connectivity index (χ2v) is 6.09. The average Bonchev–Trinajstić information content (AvgIpc) is 2.65. The van der Waals surface area contributed by atoms with Gasteiger partial charge in [0, 0.05) is 0 Å². The number of nitrogen functional groups attached to an aromatic ring is 1. The van der Waals surface area contributed by atoms with Gasteiger partial charge in [0.15, 0.2) is 16.7 Å². The molecule has 2 rings (SSSR count). The Bertz CT molecular complexity index is 559. The lowest BCUT2D eigenvalue weighted by Gasteiger charge is -2.04. The highest BCUT2D eigenvalue weighted by Crippen LogP contribution is 2.27. The van der Waals surface area contributed by atoms with Gasteiger partial charge in [0.1, 0.15) is 0 Å². The lowest BCUT2D eigenvalue weighted by molar-refractivity contribution is 0.386. The van der Waals surface area contributed by atoms with E-state index in [1.807, 2.05) is 6.07 Å². The van der Waals surface area contributed by atoms with Crippen LogP contribution >= 0.6 is 27.3 Å². The molecule has 0 aliphatic heterocycles. The molecule has 96 valence electrons. The number of rotatable bonds is 4. The summed E-state index contributed by atoms with van der Waals surface area (Å²) in [4.78, 5) is 4.21. The van der Waals surface area contributed by atoms with Crippen LogP contribution in [0.3, 0.4) is 0 Å². The van der Waals surface area contributed by atoms with E-state index in [2.05, 4.69) is 20.9 Å². The van der Waals surface area contributed by atoms with E-state index in [-0.39, 0.29) is 11.6 Å². The van der Waals surface area contributed by atoms with Crippen LogP contribution in [0.15, 0.2) is 22.0 Å². The van der Waals surface area contributed by atoms with Gasteiger partial charge in [-0.15, -0.1) is 0 Å². The lowest BCUT2D eigenvalue weighted by Crippen LogP contribution is -1.95. The van der Waals surface area contributed by atoms with E-state index < -0.39 is 0 Å². The molecule has 6 heteroatoms. The van der Waals surface area contributed by atoms with E-state index in [4.69, 9.17) is 10.5 Å². The molecule has 0 spiro atoms. The molecule has 0 unspecified atom stereocenters. The first kappa shape index (κ1) is 13.3. The van der Waals surface area contributed by atoms with Gasteiger partial charge in [-0.3, -0.25) is 0 Å². The van der Waals surface area contributed by atoms with Crippen LogP contribution in [0.2, 0.25) is 0 Å². The van der Waals surface area contributed by atoms with Crippen LogP contribution in [-0.2, 0) is 12.8 Å². The third kappa shape index (κ3) is 3.00. The molecule has 0 radical (unpaired) electrons. The first-order chi connectivity index (χ1) is 8.60. The molecule has 2 N–H and O–H groups in total. The minimum Gasteiger partial charge on any atom is -0.494 e. The molecular weight excluding hydrogens is 319 g/mol. The highest BCUT2D eigenvalue weighted by Gasteiger charge is 2.08. The van der Waals surface area contributed by atoms with Gasteiger partial charge in [-0.1, -0.05) is 17.4 Å². The Balaban J connectivity index is 2.06. The number of anilines is 1. The van der Waals surface area contributed by atoms with E-state index in [0.717, 1.165) is 21.5 Å². The average molecular weight is 331 g/mol. The van der Waals surface area contributed by atoms with Gasteiger partial charge in [-0.05, 0) is 46.5 Å². The van der Waals surface area contributed by atoms with Gasteiger partial charge in [0.05, 0.1) is 16.6 Å². The molecule has 0 fully saturated rings. The monoisotopic (exact) mass is 330 g/mol. The van der Waals surface area contributed by atoms with Gasteiger partial charge >= 0.3 is 0 Å². The van der Waals surface area contributed by atoms with E-state index in [0.29, 0.717) is 11.6 Å². The normalized spacial score (nSPS) is 10.6. The first-order valence-corrected chi connectivity index (χ1v) is 6.94. The minimum atomic E-state index is -0.341. The molecule has 3 nitrogen and oxygen atoms in total. The molecular formula is C12H12BrFN2OS. The molecule has 1 heterocycles. The topological polar surface area (TPSA) is 48.1 Å². The van der Waals surface area contributed by atoms with E-state index in [1.165, 1.54) is 24.5 Å². The molecule has 0 amide bonds. The van der Waals surface area contributed by atoms with Crippen LogP contribution in [0.25, 0.3) is 0 Å². The quantitative estimate of drug-likeness (QED) is 0.934. The second kappa shape index (κ2) is 5.67. The molecule has 18 heavy (non-hydrogen) atoms. The molecule has 0 saturated carbocycles. The number of aryl methyl sites for hydroxylation is 2. The zero-order valence-corrected chi connectivity index (χ0v) is 12.1. The smallest absolute Gasteiger partial charge is 0.181 e. The first-order valence-electron chi connectivity index (χ1n) is 5.33. The summed E-state index contributed by atoms with van der Waals surface area (Å²) in [5.41, 5.74) is 7.43. The summed E-state index contributed by atoms with van der Waals surface area (Å²) in [6, 6.07) is 4.98. The van der Waals surface area contributed by atoms with Gasteiger partial charge in [-0.25, -0.2) is 9.37 Å². The number of methoxy groups -OCH3 is 1. The Morgan fingerprint density at radius 3 is 2.78 bits per heavy atom. The van der Waals surface area contributed by atoms with Crippen LogP contribution in [-0.4, -0.2) is 12.1 Å². The van der Waals surface area contributed by atoms with Crippen molar-refractivity contribution >= 4 is 32.4 Å². The summed E-state index contributed by atoms with van der Waals surface area (Å²) < 4.78 is 19.3. The Kier molecular flexibility index (Phi) is 4.19. The zero-order valence-electron chi connectivity index (χ0n) is 9.74. The number of hydrogen-bond donors (Lipinski definition) is 1. The number of hydrogen-bond acceptors (Lipinski definition) is 4. The van der Waals surface area contributed by atoms with E-state index >= 15 is 0 Å². The summed E-state index contributed by atoms with van der Waals surface area (Å²) >= 11 is 4.81. The summed E-state index contributed by atoms with van der Waals surface area (Å²) in [6.07, 6.45) is 1.43. The highest BCUT2D eigenvalue weighted by molar-refractivity contribution is 9.11. The number of thiazole rings is 1. The number of halogens is 2. The molecule has 0 atom stereocenters. The fourth-order valence-corrected chi connectivity index (χ4v) is 3.02. The van der Waals surface area contributed by atoms with Crippen LogP contribution in [0, 0.1) is 5.82 Å². The van der Waals surface area contributed by atoms with Gasteiger partial charge in [0.2, 0.25) is 0 Å². The third-order valence-corrected chi connectivity index (χ3v) is 4.19. The maximum atomic E-state index is 13.5. The Hall–Kier alpha value is -1.14. The summed E-state index contributed by atoms with van der Waals surface area (Å²) in [7, 11) is 1.45. The maximum Gasteiger partial charge on any atom is 0.181 e. The Morgan fingerprint density at radius 1 is 1.44 bits per heavy atom. The molecule has 0 saturated heterocycles. The van der Waals surface area contributed by atoms with Crippen molar-refractivity contribution in [3.05, 3.63) is 39.1 Å². The van der Waals surface area contributed by atoms with Crippen molar-refractivity contribution in [2.75, 3.05) is 12.8 Å². The Morgan fingerprint density at radius 2 is 2.22 bits per heavy atom. The standard InChI is InChI=1S/C12H12BrFN2OS/c1-17-10-5-3-7(6-8(10)14)2-4-9-11(13)18-12(15)16-9/h3,5-6H,2,4H2,1H3,(H2,15,16). The van der Waals surface area contributed by atoms with Crippen LogP contribution < -0.4 is 10.5 Å². The fraction of sp³-hybridized carbons (Fsp3) is 0.250. The summed E-state index contributed by atoms with van der Waals surface area (Å²) in [5.74, 6) is -0.0790. The number of nitrogens with two attached hydrogens (primary N) is 1. The number of aromatic nitrogens is 1. The number of benzene rings is 1. The SMILES string of the molecule is COc1ccc(CCc2nc(N)sc2Br)cc1F. The van der Waals surface area contributed by atoms with Crippen molar-refractivity contribution in [2.24, 2.45) is 0 Å². The molecule has 1 aromatic carbocycles. The second-order valence-electron chi connectivity index (χ2n) is 3.74. The van der Waals surface area contributed by atoms with Crippen molar-refractivity contribution in [1.82, 2.24) is 4.98 Å². The van der Waals surface area contributed by atoms with Crippen molar-refractivity contribution < 1.29 is 9.13 Å². The van der Waals surface area contributed by atoms with Gasteiger partial charge < -0.3 is 10.5 Å². The molecule has 0 bridgehead atoms. The maximum absolute atomic E-state index is 13.5. The molecule has 0 aliphatic rings. The third-order valence-electron chi connectivity index (χ3n) is 2.53. The predicted octanol–water partition coefficient (Wildman–Crippen LogP) is 3.42. The van der Waals surface area contributed by atoms with Crippen LogP contribution in [0.1, 0.15) is 11.3 Å². The van der Waals surface area contributed by atoms with Crippen molar-refractivity contribution in [3.63, 3.8) is 0 Å². The van der Waals surface area contributed by atoms with Gasteiger partial charge in [-0.2, -0.15) is 0 Å².